The van der Waals surface area contributed by atoms with Gasteiger partial charge in [0.25, 0.3) is 0 Å². The van der Waals surface area contributed by atoms with Gasteiger partial charge in [0.05, 0.1) is 0 Å². The molecule has 2 N–H and O–H groups in total. The summed E-state index contributed by atoms with van der Waals surface area (Å²) in [6, 6.07) is 3.89. The topological polar surface area (TPSA) is 42.1 Å². The van der Waals surface area contributed by atoms with Crippen molar-refractivity contribution in [3.63, 3.8) is 0 Å². The predicted octanol–water partition coefficient (Wildman–Crippen LogP) is 2.33. The molecule has 1 fully saturated rings. The summed E-state index contributed by atoms with van der Waals surface area (Å²) in [5, 5.41) is 0.558. The Hall–Kier alpha value is -0.350. The lowest BCUT2D eigenvalue weighted by atomic mass is 9.98. The highest BCUT2D eigenvalue weighted by atomic mass is 35.5. The van der Waals surface area contributed by atoms with Crippen molar-refractivity contribution in [1.29, 1.82) is 0 Å². The smallest absolute Gasteiger partial charge is 0.129 e. The van der Waals surface area contributed by atoms with Crippen LogP contribution in [0.4, 0.5) is 0 Å². The Morgan fingerprint density at radius 1 is 1.47 bits per heavy atom. The molecular weight excluding hydrogens is 257 g/mol. The van der Waals surface area contributed by atoms with Crippen LogP contribution >= 0.6 is 24.0 Å². The number of halogens is 2. The van der Waals surface area contributed by atoms with Gasteiger partial charge in [0.15, 0.2) is 0 Å². The van der Waals surface area contributed by atoms with Gasteiger partial charge in [0, 0.05) is 19.3 Å². The number of rotatable bonds is 3. The van der Waals surface area contributed by atoms with E-state index >= 15 is 0 Å². The molecule has 0 radical (unpaired) electrons. The molecule has 0 saturated carbocycles. The molecule has 1 aliphatic heterocycles. The Labute approximate surface area is 114 Å². The van der Waals surface area contributed by atoms with E-state index < -0.39 is 0 Å². The molecule has 17 heavy (non-hydrogen) atoms. The third-order valence-electron chi connectivity index (χ3n) is 3.13. The Balaban J connectivity index is 0.00000144. The number of hydrogen-bond acceptors (Lipinski definition) is 3. The Morgan fingerprint density at radius 3 is 2.94 bits per heavy atom. The van der Waals surface area contributed by atoms with E-state index in [9.17, 15) is 0 Å². The second-order valence-electron chi connectivity index (χ2n) is 4.47. The zero-order valence-corrected chi connectivity index (χ0v) is 11.4. The number of aromatic nitrogens is 1. The number of hydrogen-bond donors (Lipinski definition) is 1. The van der Waals surface area contributed by atoms with Crippen LogP contribution in [0.1, 0.15) is 18.4 Å². The quantitative estimate of drug-likeness (QED) is 0.861. The van der Waals surface area contributed by atoms with Crippen molar-refractivity contribution in [2.24, 2.45) is 11.7 Å². The summed E-state index contributed by atoms with van der Waals surface area (Å²) in [6.45, 7) is 4.04. The van der Waals surface area contributed by atoms with Crippen LogP contribution in [0, 0.1) is 5.92 Å². The summed E-state index contributed by atoms with van der Waals surface area (Å²) in [5.41, 5.74) is 6.95. The summed E-state index contributed by atoms with van der Waals surface area (Å²) in [7, 11) is 0. The van der Waals surface area contributed by atoms with Crippen molar-refractivity contribution in [3.05, 3.63) is 29.0 Å². The zero-order chi connectivity index (χ0) is 11.4. The van der Waals surface area contributed by atoms with E-state index in [0.29, 0.717) is 11.1 Å². The molecule has 1 atom stereocenters. The fourth-order valence-corrected chi connectivity index (χ4v) is 2.36. The molecule has 1 aromatic rings. The summed E-state index contributed by atoms with van der Waals surface area (Å²) >= 11 is 5.76. The van der Waals surface area contributed by atoms with E-state index in [-0.39, 0.29) is 12.4 Å². The van der Waals surface area contributed by atoms with Gasteiger partial charge in [0.1, 0.15) is 5.15 Å². The van der Waals surface area contributed by atoms with Gasteiger partial charge in [-0.2, -0.15) is 0 Å². The van der Waals surface area contributed by atoms with Crippen LogP contribution in [0.25, 0.3) is 0 Å². The Kier molecular flexibility index (Phi) is 6.20. The largest absolute Gasteiger partial charge is 0.330 e. The van der Waals surface area contributed by atoms with Crippen molar-refractivity contribution in [3.8, 4) is 0 Å². The molecule has 96 valence electrons. The summed E-state index contributed by atoms with van der Waals surface area (Å²) in [4.78, 5) is 6.55. The molecule has 5 heteroatoms. The molecule has 1 aromatic heterocycles. The molecule has 1 unspecified atom stereocenters. The van der Waals surface area contributed by atoms with Crippen LogP contribution in [0.3, 0.4) is 0 Å². The highest BCUT2D eigenvalue weighted by Gasteiger charge is 2.18. The summed E-state index contributed by atoms with van der Waals surface area (Å²) in [5.74, 6) is 0.661. The minimum Gasteiger partial charge on any atom is -0.330 e. The third-order valence-corrected chi connectivity index (χ3v) is 3.35. The molecule has 1 saturated heterocycles. The lowest BCUT2D eigenvalue weighted by Crippen LogP contribution is -2.37. The van der Waals surface area contributed by atoms with E-state index in [1.165, 1.54) is 24.9 Å². The maximum atomic E-state index is 5.76. The molecular formula is C12H19Cl2N3. The van der Waals surface area contributed by atoms with E-state index in [1.807, 2.05) is 18.3 Å². The highest BCUT2D eigenvalue weighted by molar-refractivity contribution is 6.29. The first kappa shape index (κ1) is 14.7. The van der Waals surface area contributed by atoms with Gasteiger partial charge < -0.3 is 5.73 Å². The van der Waals surface area contributed by atoms with Crippen molar-refractivity contribution in [2.75, 3.05) is 19.6 Å². The van der Waals surface area contributed by atoms with Gasteiger partial charge in [-0.05, 0) is 43.5 Å². The van der Waals surface area contributed by atoms with Gasteiger partial charge in [0.2, 0.25) is 0 Å². The normalized spacial score (nSPS) is 20.9. The van der Waals surface area contributed by atoms with E-state index in [2.05, 4.69) is 9.88 Å². The van der Waals surface area contributed by atoms with Crippen molar-refractivity contribution in [2.45, 2.75) is 19.4 Å². The van der Waals surface area contributed by atoms with Crippen molar-refractivity contribution in [1.82, 2.24) is 9.88 Å². The number of nitrogens with zero attached hydrogens (tertiary/aromatic N) is 2. The zero-order valence-electron chi connectivity index (χ0n) is 9.81. The van der Waals surface area contributed by atoms with Crippen LogP contribution < -0.4 is 5.73 Å². The van der Waals surface area contributed by atoms with E-state index in [0.717, 1.165) is 19.6 Å². The lowest BCUT2D eigenvalue weighted by Gasteiger charge is -2.31. The highest BCUT2D eigenvalue weighted by Crippen LogP contribution is 2.17. The van der Waals surface area contributed by atoms with Crippen LogP contribution in [0.15, 0.2) is 18.3 Å². The van der Waals surface area contributed by atoms with Crippen molar-refractivity contribution >= 4 is 24.0 Å². The maximum absolute atomic E-state index is 5.76. The molecule has 1 aliphatic rings. The Bertz CT molecular complexity index is 329. The number of nitrogens with two attached hydrogens (primary N) is 1. The second kappa shape index (κ2) is 7.17. The fourth-order valence-electron chi connectivity index (χ4n) is 2.25. The average Bonchev–Trinajstić information content (AvgIpc) is 2.32. The molecule has 0 spiro atoms. The lowest BCUT2D eigenvalue weighted by molar-refractivity contribution is 0.171. The summed E-state index contributed by atoms with van der Waals surface area (Å²) < 4.78 is 0. The number of likely N-dealkylation sites (tertiary alicyclic amines) is 1. The van der Waals surface area contributed by atoms with Crippen LogP contribution in [-0.4, -0.2) is 29.5 Å². The molecule has 2 heterocycles. The number of pyridine rings is 1. The van der Waals surface area contributed by atoms with Gasteiger partial charge in [-0.3, -0.25) is 4.90 Å². The third kappa shape index (κ3) is 4.43. The first-order valence-electron chi connectivity index (χ1n) is 5.81. The van der Waals surface area contributed by atoms with Crippen LogP contribution in [0.2, 0.25) is 5.15 Å². The monoisotopic (exact) mass is 275 g/mol. The van der Waals surface area contributed by atoms with Gasteiger partial charge >= 0.3 is 0 Å². The molecule has 0 aromatic carbocycles. The van der Waals surface area contributed by atoms with Crippen molar-refractivity contribution < 1.29 is 0 Å². The minimum atomic E-state index is 0. The molecule has 0 amide bonds. The van der Waals surface area contributed by atoms with Gasteiger partial charge in [-0.15, -0.1) is 12.4 Å². The maximum Gasteiger partial charge on any atom is 0.129 e. The molecule has 0 aliphatic carbocycles. The molecule has 2 rings (SSSR count). The van der Waals surface area contributed by atoms with Crippen LogP contribution in [0.5, 0.6) is 0 Å². The first-order chi connectivity index (χ1) is 7.78. The SMILES string of the molecule is Cl.NCC1CCCN(Cc2ccc(Cl)nc2)C1. The van der Waals surface area contributed by atoms with Gasteiger partial charge in [-0.25, -0.2) is 4.98 Å². The number of piperidine rings is 1. The van der Waals surface area contributed by atoms with Gasteiger partial charge in [-0.1, -0.05) is 17.7 Å². The van der Waals surface area contributed by atoms with Crippen LogP contribution in [-0.2, 0) is 6.54 Å². The Morgan fingerprint density at radius 2 is 2.29 bits per heavy atom. The fraction of sp³-hybridized carbons (Fsp3) is 0.583. The van der Waals surface area contributed by atoms with E-state index in [4.69, 9.17) is 17.3 Å². The first-order valence-corrected chi connectivity index (χ1v) is 6.18. The summed E-state index contributed by atoms with van der Waals surface area (Å²) in [6.07, 6.45) is 4.38. The second-order valence-corrected chi connectivity index (χ2v) is 4.86. The van der Waals surface area contributed by atoms with E-state index in [1.54, 1.807) is 0 Å². The molecule has 3 nitrogen and oxygen atoms in total. The minimum absolute atomic E-state index is 0. The predicted molar refractivity (Wildman–Crippen MR) is 73.6 cm³/mol. The standard InChI is InChI=1S/C12H18ClN3.ClH/c13-12-4-3-11(7-15-12)9-16-5-1-2-10(6-14)8-16;/h3-4,7,10H,1-2,5-6,8-9,14H2;1H. The molecule has 0 bridgehead atoms. The average molecular weight is 276 g/mol.